The minimum atomic E-state index is -3.66. The summed E-state index contributed by atoms with van der Waals surface area (Å²) in [6.45, 7) is 0.281. The topological polar surface area (TPSA) is 105 Å². The first-order valence-corrected chi connectivity index (χ1v) is 17.4. The fraction of sp³-hybridized carbons (Fsp3) is 0.429. The second-order valence-electron chi connectivity index (χ2n) is 11.5. The smallest absolute Gasteiger partial charge is 0.243 e. The number of amides is 2. The highest BCUT2D eigenvalue weighted by atomic mass is 32.2. The predicted octanol–water partition coefficient (Wildman–Crippen LogP) is 5.34. The maximum Gasteiger partial charge on any atom is 0.243 e. The number of nitrogens with zero attached hydrogens (tertiary/aromatic N) is 2. The molecular weight excluding hydrogens is 590 g/mol. The Morgan fingerprint density at radius 1 is 0.889 bits per heavy atom. The molecule has 10 heteroatoms. The van der Waals surface area contributed by atoms with E-state index in [1.54, 1.807) is 36.3 Å². The largest absolute Gasteiger partial charge is 0.497 e. The number of hydrogen-bond acceptors (Lipinski definition) is 6. The Balaban J connectivity index is 1.61. The van der Waals surface area contributed by atoms with Crippen LogP contribution in [-0.4, -0.2) is 64.2 Å². The van der Waals surface area contributed by atoms with Crippen molar-refractivity contribution in [3.63, 3.8) is 0 Å². The van der Waals surface area contributed by atoms with Gasteiger partial charge in [0, 0.05) is 32.0 Å². The van der Waals surface area contributed by atoms with Crippen LogP contribution < -0.4 is 19.1 Å². The Kier molecular flexibility index (Phi) is 12.3. The van der Waals surface area contributed by atoms with Gasteiger partial charge in [0.1, 0.15) is 17.5 Å². The number of ether oxygens (including phenoxy) is 2. The zero-order chi connectivity index (χ0) is 32.2. The molecule has 45 heavy (non-hydrogen) atoms. The molecule has 3 aromatic rings. The molecule has 3 aromatic carbocycles. The van der Waals surface area contributed by atoms with Crippen molar-refractivity contribution in [3.8, 4) is 11.5 Å². The van der Waals surface area contributed by atoms with Gasteiger partial charge in [-0.25, -0.2) is 8.42 Å². The van der Waals surface area contributed by atoms with Gasteiger partial charge in [-0.1, -0.05) is 73.9 Å². The summed E-state index contributed by atoms with van der Waals surface area (Å²) in [6.07, 6.45) is 6.96. The molecule has 1 aliphatic carbocycles. The minimum absolute atomic E-state index is 0.0487. The normalized spacial score (nSPS) is 14.3. The van der Waals surface area contributed by atoms with Crippen LogP contribution in [0.4, 0.5) is 5.69 Å². The quantitative estimate of drug-likeness (QED) is 0.242. The van der Waals surface area contributed by atoms with Gasteiger partial charge >= 0.3 is 0 Å². The highest BCUT2D eigenvalue weighted by Gasteiger charge is 2.32. The molecule has 0 heterocycles. The second-order valence-corrected chi connectivity index (χ2v) is 13.4. The van der Waals surface area contributed by atoms with Gasteiger partial charge in [0.2, 0.25) is 21.8 Å². The molecule has 0 bridgehead atoms. The van der Waals surface area contributed by atoms with Gasteiger partial charge in [0.15, 0.2) is 0 Å². The monoisotopic (exact) mass is 635 g/mol. The van der Waals surface area contributed by atoms with E-state index in [0.717, 1.165) is 43.1 Å². The van der Waals surface area contributed by atoms with E-state index >= 15 is 0 Å². The number of sulfonamides is 1. The summed E-state index contributed by atoms with van der Waals surface area (Å²) >= 11 is 0. The zero-order valence-electron chi connectivity index (χ0n) is 26.5. The number of para-hydroxylation sites is 2. The maximum absolute atomic E-state index is 14.1. The molecule has 0 saturated heterocycles. The molecule has 242 valence electrons. The lowest BCUT2D eigenvalue weighted by atomic mass is 9.94. The highest BCUT2D eigenvalue weighted by Crippen LogP contribution is 2.30. The molecule has 1 aliphatic rings. The average Bonchev–Trinajstić information content (AvgIpc) is 3.05. The van der Waals surface area contributed by atoms with Crippen molar-refractivity contribution in [1.29, 1.82) is 0 Å². The third-order valence-electron chi connectivity index (χ3n) is 8.22. The summed E-state index contributed by atoms with van der Waals surface area (Å²) in [5.74, 6) is 0.683. The summed E-state index contributed by atoms with van der Waals surface area (Å²) in [7, 11) is -0.580. The molecule has 2 amide bonds. The van der Waals surface area contributed by atoms with E-state index in [-0.39, 0.29) is 43.8 Å². The Morgan fingerprint density at radius 2 is 1.58 bits per heavy atom. The summed E-state index contributed by atoms with van der Waals surface area (Å²) in [4.78, 5) is 29.8. The van der Waals surface area contributed by atoms with E-state index in [1.807, 2.05) is 54.6 Å². The Morgan fingerprint density at radius 3 is 2.27 bits per heavy atom. The zero-order valence-corrected chi connectivity index (χ0v) is 27.3. The lowest BCUT2D eigenvalue weighted by Gasteiger charge is -2.34. The number of carbonyl (C=O) groups excluding carboxylic acids is 2. The SMILES string of the molecule is COc1cccc(CN(C(=O)CCCN(c2ccccc2OC)S(C)(=O)=O)[C@@H](Cc2ccccc2)C(=O)NC2CCCCC2)c1. The predicted molar refractivity (Wildman–Crippen MR) is 177 cm³/mol. The first-order valence-electron chi connectivity index (χ1n) is 15.6. The van der Waals surface area contributed by atoms with Gasteiger partial charge in [-0.15, -0.1) is 0 Å². The minimum Gasteiger partial charge on any atom is -0.497 e. The van der Waals surface area contributed by atoms with E-state index in [1.165, 1.54) is 17.8 Å². The Bertz CT molecular complexity index is 1510. The van der Waals surface area contributed by atoms with Crippen LogP contribution in [0.1, 0.15) is 56.1 Å². The molecule has 0 aliphatic heterocycles. The molecule has 1 atom stereocenters. The highest BCUT2D eigenvalue weighted by molar-refractivity contribution is 7.92. The third kappa shape index (κ3) is 9.72. The van der Waals surface area contributed by atoms with Crippen LogP contribution in [-0.2, 0) is 32.6 Å². The van der Waals surface area contributed by atoms with Crippen LogP contribution >= 0.6 is 0 Å². The van der Waals surface area contributed by atoms with Crippen molar-refractivity contribution in [2.45, 2.75) is 70.0 Å². The number of rotatable bonds is 15. The first kappa shape index (κ1) is 33.8. The fourth-order valence-corrected chi connectivity index (χ4v) is 6.85. The lowest BCUT2D eigenvalue weighted by molar-refractivity contribution is -0.141. The molecule has 0 radical (unpaired) electrons. The number of methoxy groups -OCH3 is 2. The van der Waals surface area contributed by atoms with Crippen LogP contribution in [0.3, 0.4) is 0 Å². The third-order valence-corrected chi connectivity index (χ3v) is 9.40. The summed E-state index contributed by atoms with van der Waals surface area (Å²) in [5, 5.41) is 3.25. The van der Waals surface area contributed by atoms with Gasteiger partial charge in [-0.05, 0) is 54.7 Å². The van der Waals surface area contributed by atoms with Crippen molar-refractivity contribution in [3.05, 3.63) is 90.0 Å². The van der Waals surface area contributed by atoms with Gasteiger partial charge in [0.05, 0.1) is 26.2 Å². The molecule has 9 nitrogen and oxygen atoms in total. The number of nitrogens with one attached hydrogen (secondary N) is 1. The van der Waals surface area contributed by atoms with Gasteiger partial charge < -0.3 is 19.7 Å². The van der Waals surface area contributed by atoms with Crippen LogP contribution in [0.5, 0.6) is 11.5 Å². The lowest BCUT2D eigenvalue weighted by Crippen LogP contribution is -2.52. The standard InChI is InChI=1S/C35H45N3O6S/c1-43-30-19-12-16-28(24-30)26-37(32(25-27-14-6-4-7-15-27)35(40)36-29-17-8-5-9-18-29)34(39)22-13-23-38(45(3,41)42)31-20-10-11-21-33(31)44-2/h4,6-7,10-12,14-16,19-21,24,29,32H,5,8-9,13,17-18,22-23,25-26H2,1-3H3,(H,36,40)/t32-/m0/s1. The van der Waals surface area contributed by atoms with Crippen molar-refractivity contribution in [2.75, 3.05) is 31.3 Å². The van der Waals surface area contributed by atoms with Crippen LogP contribution in [0.25, 0.3) is 0 Å². The molecule has 1 N–H and O–H groups in total. The molecular formula is C35H45N3O6S. The van der Waals surface area contributed by atoms with Crippen LogP contribution in [0.2, 0.25) is 0 Å². The molecule has 0 aromatic heterocycles. The number of benzene rings is 3. The Hall–Kier alpha value is -4.05. The van der Waals surface area contributed by atoms with Crippen LogP contribution in [0, 0.1) is 0 Å². The molecule has 1 saturated carbocycles. The van der Waals surface area contributed by atoms with E-state index in [0.29, 0.717) is 23.6 Å². The molecule has 0 spiro atoms. The van der Waals surface area contributed by atoms with Crippen LogP contribution in [0.15, 0.2) is 78.9 Å². The average molecular weight is 636 g/mol. The fourth-order valence-electron chi connectivity index (χ4n) is 5.88. The van der Waals surface area contributed by atoms with E-state index in [4.69, 9.17) is 9.47 Å². The van der Waals surface area contributed by atoms with Gasteiger partial charge in [-0.3, -0.25) is 13.9 Å². The summed E-state index contributed by atoms with van der Waals surface area (Å²) in [5.41, 5.74) is 2.19. The van der Waals surface area contributed by atoms with Crippen molar-refractivity contribution < 1.29 is 27.5 Å². The van der Waals surface area contributed by atoms with Crippen molar-refractivity contribution >= 4 is 27.5 Å². The van der Waals surface area contributed by atoms with E-state index < -0.39 is 16.1 Å². The van der Waals surface area contributed by atoms with Gasteiger partial charge in [-0.2, -0.15) is 0 Å². The maximum atomic E-state index is 14.1. The first-order chi connectivity index (χ1) is 21.7. The van der Waals surface area contributed by atoms with Crippen molar-refractivity contribution in [2.24, 2.45) is 0 Å². The summed E-state index contributed by atoms with van der Waals surface area (Å²) < 4.78 is 37.7. The van der Waals surface area contributed by atoms with Crippen molar-refractivity contribution in [1.82, 2.24) is 10.2 Å². The summed E-state index contributed by atoms with van der Waals surface area (Å²) in [6, 6.07) is 23.4. The Labute approximate surface area is 267 Å². The number of carbonyl (C=O) groups is 2. The van der Waals surface area contributed by atoms with E-state index in [2.05, 4.69) is 5.32 Å². The molecule has 4 rings (SSSR count). The second kappa shape index (κ2) is 16.3. The van der Waals surface area contributed by atoms with E-state index in [9.17, 15) is 18.0 Å². The molecule has 0 unspecified atom stereocenters. The van der Waals surface area contributed by atoms with Gasteiger partial charge in [0.25, 0.3) is 0 Å². The molecule has 1 fully saturated rings. The number of hydrogen-bond donors (Lipinski definition) is 1. The number of anilines is 1.